The fourth-order valence-electron chi connectivity index (χ4n) is 3.61. The lowest BCUT2D eigenvalue weighted by Gasteiger charge is -2.35. The van der Waals surface area contributed by atoms with Gasteiger partial charge < -0.3 is 4.84 Å². The summed E-state index contributed by atoms with van der Waals surface area (Å²) in [4.78, 5) is 30.4. The Morgan fingerprint density at radius 2 is 2.11 bits per heavy atom. The molecule has 0 saturated carbocycles. The molecular formula is C20H22BrFN6O7S2. The van der Waals surface area contributed by atoms with Gasteiger partial charge in [0.25, 0.3) is 11.3 Å². The summed E-state index contributed by atoms with van der Waals surface area (Å²) in [7, 11) is 0. The molecule has 1 aliphatic rings. The van der Waals surface area contributed by atoms with Crippen LogP contribution in [-0.2, 0) is 16.1 Å². The first kappa shape index (κ1) is 27.4. The second-order valence-electron chi connectivity index (χ2n) is 8.95. The molecular weight excluding hydrogens is 599 g/mol. The third-order valence-corrected chi connectivity index (χ3v) is 8.02. The van der Waals surface area contributed by atoms with E-state index in [2.05, 4.69) is 31.4 Å². The molecule has 1 saturated heterocycles. The molecule has 1 N–H and O–H groups in total. The molecule has 13 nitrogen and oxygen atoms in total. The number of amides is 1. The second kappa shape index (κ2) is 11.0. The van der Waals surface area contributed by atoms with Gasteiger partial charge >= 0.3 is 11.8 Å². The molecule has 3 aromatic rings. The Balaban J connectivity index is 1.52. The van der Waals surface area contributed by atoms with Gasteiger partial charge in [-0.3, -0.25) is 9.08 Å². The number of carbonyl (C=O) groups is 1. The van der Waals surface area contributed by atoms with Crippen molar-refractivity contribution in [2.75, 3.05) is 13.1 Å². The highest BCUT2D eigenvalue weighted by atomic mass is 79.9. The van der Waals surface area contributed by atoms with Crippen LogP contribution in [0.25, 0.3) is 17.2 Å². The van der Waals surface area contributed by atoms with E-state index in [-0.39, 0.29) is 33.5 Å². The zero-order valence-electron chi connectivity index (χ0n) is 19.8. The molecule has 3 heterocycles. The number of carbonyl (C=O) groups excluding carboxylic acids is 1. The Kier molecular flexibility index (Phi) is 8.17. The first-order valence-electron chi connectivity index (χ1n) is 10.9. The standard InChI is InChI=1S/C20H22BrFN6O7S2/c1-20(2,3)28(37(31)32)19(30)34-26-8-4-5-12(10-26)36-17-15(23-35-25-17)16-24-33-18(29)27(16)11-6-7-14(22)13(21)9-11/h6-7,9,12H,4-5,8,10H2,1-3H3,(H,31,32)/t12-/m1/s1. The number of rotatable bonds is 6. The van der Waals surface area contributed by atoms with Crippen molar-refractivity contribution in [3.05, 3.63) is 39.0 Å². The summed E-state index contributed by atoms with van der Waals surface area (Å²) in [6, 6.07) is 3.96. The molecule has 200 valence electrons. The fourth-order valence-corrected chi connectivity index (χ4v) is 5.76. The van der Waals surface area contributed by atoms with E-state index >= 15 is 0 Å². The minimum absolute atomic E-state index is 0.0117. The first-order valence-corrected chi connectivity index (χ1v) is 13.6. The molecule has 0 radical (unpaired) electrons. The number of hydrogen-bond acceptors (Lipinski definition) is 11. The Labute approximate surface area is 224 Å². The van der Waals surface area contributed by atoms with Crippen molar-refractivity contribution in [3.8, 4) is 17.2 Å². The van der Waals surface area contributed by atoms with Gasteiger partial charge in [-0.05, 0) is 78.1 Å². The zero-order valence-corrected chi connectivity index (χ0v) is 23.0. The highest BCUT2D eigenvalue weighted by molar-refractivity contribution is 9.10. The largest absolute Gasteiger partial charge is 0.446 e. The number of hydroxylamine groups is 2. The number of hydrogen-bond donors (Lipinski definition) is 1. The van der Waals surface area contributed by atoms with Gasteiger partial charge in [0, 0.05) is 18.3 Å². The molecule has 2 aromatic heterocycles. The Morgan fingerprint density at radius 3 is 2.78 bits per heavy atom. The maximum atomic E-state index is 13.7. The van der Waals surface area contributed by atoms with E-state index in [1.54, 1.807) is 20.8 Å². The van der Waals surface area contributed by atoms with Crippen molar-refractivity contribution in [1.29, 1.82) is 0 Å². The summed E-state index contributed by atoms with van der Waals surface area (Å²) in [5.41, 5.74) is -0.510. The molecule has 1 unspecified atom stereocenters. The highest BCUT2D eigenvalue weighted by Crippen LogP contribution is 2.34. The van der Waals surface area contributed by atoms with Crippen LogP contribution in [-0.4, -0.2) is 68.1 Å². The van der Waals surface area contributed by atoms with Crippen LogP contribution >= 0.6 is 27.7 Å². The monoisotopic (exact) mass is 620 g/mol. The predicted molar refractivity (Wildman–Crippen MR) is 132 cm³/mol. The molecule has 2 atom stereocenters. The average Bonchev–Trinajstić information content (AvgIpc) is 3.40. The number of aromatic nitrogens is 4. The fraction of sp³-hybridized carbons (Fsp3) is 0.450. The van der Waals surface area contributed by atoms with Gasteiger partial charge in [-0.1, -0.05) is 16.9 Å². The van der Waals surface area contributed by atoms with Crippen molar-refractivity contribution < 1.29 is 31.9 Å². The number of thioether (sulfide) groups is 1. The van der Waals surface area contributed by atoms with Crippen LogP contribution in [0, 0.1) is 5.82 Å². The van der Waals surface area contributed by atoms with Gasteiger partial charge in [-0.2, -0.15) is 4.31 Å². The third kappa shape index (κ3) is 6.11. The van der Waals surface area contributed by atoms with E-state index in [1.807, 2.05) is 0 Å². The molecule has 1 aliphatic heterocycles. The number of benzene rings is 1. The van der Waals surface area contributed by atoms with Gasteiger partial charge in [0.1, 0.15) is 5.82 Å². The van der Waals surface area contributed by atoms with Crippen LogP contribution in [0.15, 0.2) is 41.6 Å². The quantitative estimate of drug-likeness (QED) is 0.400. The molecule has 1 amide bonds. The Morgan fingerprint density at radius 1 is 1.35 bits per heavy atom. The van der Waals surface area contributed by atoms with Crippen molar-refractivity contribution in [2.45, 2.75) is 49.4 Å². The highest BCUT2D eigenvalue weighted by Gasteiger charge is 2.36. The topological polar surface area (TPSA) is 157 Å². The number of nitrogens with zero attached hydrogens (tertiary/aromatic N) is 6. The SMILES string of the molecule is CC(C)(C)N(C(=O)ON1CCC[C@@H](Sc2nonc2-c2noc(=O)n2-c2ccc(F)c(Br)c2)C1)S(=O)O. The smallest absolute Gasteiger partial charge is 0.350 e. The van der Waals surface area contributed by atoms with Gasteiger partial charge in [0.05, 0.1) is 15.7 Å². The summed E-state index contributed by atoms with van der Waals surface area (Å²) in [6.07, 6.45) is 0.456. The Bertz CT molecular complexity index is 1370. The molecule has 1 aromatic carbocycles. The van der Waals surface area contributed by atoms with E-state index in [0.29, 0.717) is 18.0 Å². The summed E-state index contributed by atoms with van der Waals surface area (Å²) >= 11 is 1.81. The van der Waals surface area contributed by atoms with Gasteiger partial charge in [0.2, 0.25) is 5.82 Å². The minimum Gasteiger partial charge on any atom is -0.350 e. The second-order valence-corrected chi connectivity index (χ2v) is 11.9. The summed E-state index contributed by atoms with van der Waals surface area (Å²) in [6.45, 7) is 5.57. The molecule has 4 rings (SSSR count). The lowest BCUT2D eigenvalue weighted by atomic mass is 10.1. The van der Waals surface area contributed by atoms with Crippen LogP contribution < -0.4 is 5.76 Å². The van der Waals surface area contributed by atoms with Crippen LogP contribution in [0.2, 0.25) is 0 Å². The van der Waals surface area contributed by atoms with E-state index in [4.69, 9.17) is 14.0 Å². The van der Waals surface area contributed by atoms with Gasteiger partial charge in [-0.25, -0.2) is 27.4 Å². The van der Waals surface area contributed by atoms with Crippen molar-refractivity contribution >= 4 is 45.1 Å². The molecule has 37 heavy (non-hydrogen) atoms. The predicted octanol–water partition coefficient (Wildman–Crippen LogP) is 3.62. The average molecular weight is 621 g/mol. The lowest BCUT2D eigenvalue weighted by molar-refractivity contribution is -0.119. The zero-order chi connectivity index (χ0) is 26.9. The normalized spacial score (nSPS) is 17.5. The third-order valence-electron chi connectivity index (χ3n) is 5.19. The van der Waals surface area contributed by atoms with Gasteiger partial charge in [0.15, 0.2) is 10.7 Å². The van der Waals surface area contributed by atoms with E-state index < -0.39 is 34.5 Å². The van der Waals surface area contributed by atoms with Crippen LogP contribution in [0.5, 0.6) is 0 Å². The van der Waals surface area contributed by atoms with Crippen molar-refractivity contribution in [2.24, 2.45) is 0 Å². The maximum Gasteiger partial charge on any atom is 0.446 e. The minimum atomic E-state index is -2.56. The summed E-state index contributed by atoms with van der Waals surface area (Å²) in [5, 5.41) is 13.2. The van der Waals surface area contributed by atoms with Crippen molar-refractivity contribution in [3.63, 3.8) is 0 Å². The lowest BCUT2D eigenvalue weighted by Crippen LogP contribution is -2.50. The first-order chi connectivity index (χ1) is 17.5. The molecule has 0 aliphatic carbocycles. The van der Waals surface area contributed by atoms with Crippen molar-refractivity contribution in [1.82, 2.24) is 29.4 Å². The molecule has 0 spiro atoms. The molecule has 0 bridgehead atoms. The summed E-state index contributed by atoms with van der Waals surface area (Å²) in [5.74, 6) is -1.31. The number of halogens is 2. The van der Waals surface area contributed by atoms with E-state index in [1.165, 1.54) is 35.0 Å². The van der Waals surface area contributed by atoms with Crippen LogP contribution in [0.1, 0.15) is 33.6 Å². The van der Waals surface area contributed by atoms with Gasteiger partial charge in [-0.15, -0.1) is 5.06 Å². The van der Waals surface area contributed by atoms with Crippen LogP contribution in [0.3, 0.4) is 0 Å². The molecule has 1 fully saturated rings. The maximum absolute atomic E-state index is 13.7. The van der Waals surface area contributed by atoms with Crippen LogP contribution in [0.4, 0.5) is 9.18 Å². The molecule has 17 heteroatoms. The van der Waals surface area contributed by atoms with E-state index in [0.717, 1.165) is 15.3 Å². The summed E-state index contributed by atoms with van der Waals surface area (Å²) < 4.78 is 46.7. The van der Waals surface area contributed by atoms with E-state index in [9.17, 15) is 22.7 Å². The number of piperidine rings is 1. The Hall–Kier alpha value is -2.60.